The lowest BCUT2D eigenvalue weighted by Crippen LogP contribution is -2.46. The first-order valence-electron chi connectivity index (χ1n) is 9.58. The van der Waals surface area contributed by atoms with Gasteiger partial charge in [-0.3, -0.25) is 14.8 Å². The van der Waals surface area contributed by atoms with Gasteiger partial charge in [0.1, 0.15) is 11.5 Å². The fourth-order valence-electron chi connectivity index (χ4n) is 3.39. The number of hydrogen-bond donors (Lipinski definition) is 1. The summed E-state index contributed by atoms with van der Waals surface area (Å²) < 4.78 is 13.1. The third-order valence-corrected chi connectivity index (χ3v) is 5.02. The molecule has 1 aromatic carbocycles. The van der Waals surface area contributed by atoms with E-state index in [2.05, 4.69) is 25.1 Å². The lowest BCUT2D eigenvalue weighted by molar-refractivity contribution is 0.0946. The molecule has 0 atom stereocenters. The van der Waals surface area contributed by atoms with Gasteiger partial charge < -0.3 is 15.1 Å². The number of amides is 1. The average molecular weight is 391 g/mol. The standard InChI is InChI=1S/C22H22FN5O/c23-18-1-3-19(4-2-18)27-11-13-28(14-12-27)20-7-10-25-21(15-20)22(29)26-16-17-5-8-24-9-6-17/h1-10,15H,11-14,16H2,(H,26,29). The molecular formula is C22H22FN5O. The highest BCUT2D eigenvalue weighted by molar-refractivity contribution is 5.93. The highest BCUT2D eigenvalue weighted by atomic mass is 19.1. The molecule has 3 aromatic rings. The van der Waals surface area contributed by atoms with Gasteiger partial charge in [0.15, 0.2) is 0 Å². The summed E-state index contributed by atoms with van der Waals surface area (Å²) in [6.07, 6.45) is 5.07. The Morgan fingerprint density at radius 1 is 0.897 bits per heavy atom. The predicted molar refractivity (Wildman–Crippen MR) is 110 cm³/mol. The third-order valence-electron chi connectivity index (χ3n) is 5.02. The smallest absolute Gasteiger partial charge is 0.270 e. The van der Waals surface area contributed by atoms with E-state index in [1.54, 1.807) is 18.6 Å². The number of benzene rings is 1. The van der Waals surface area contributed by atoms with Gasteiger partial charge in [0, 0.05) is 62.7 Å². The number of nitrogens with zero attached hydrogens (tertiary/aromatic N) is 4. The fraction of sp³-hybridized carbons (Fsp3) is 0.227. The number of carbonyl (C=O) groups excluding carboxylic acids is 1. The second-order valence-corrected chi connectivity index (χ2v) is 6.89. The minimum Gasteiger partial charge on any atom is -0.368 e. The van der Waals surface area contributed by atoms with E-state index in [1.165, 1.54) is 12.1 Å². The van der Waals surface area contributed by atoms with Crippen LogP contribution < -0.4 is 15.1 Å². The van der Waals surface area contributed by atoms with Crippen molar-refractivity contribution in [3.8, 4) is 0 Å². The van der Waals surface area contributed by atoms with E-state index in [0.29, 0.717) is 12.2 Å². The number of carbonyl (C=O) groups is 1. The quantitative estimate of drug-likeness (QED) is 0.725. The molecule has 0 radical (unpaired) electrons. The summed E-state index contributed by atoms with van der Waals surface area (Å²) in [5.74, 6) is -0.424. The zero-order chi connectivity index (χ0) is 20.1. The SMILES string of the molecule is O=C(NCc1ccncc1)c1cc(N2CCN(c3ccc(F)cc3)CC2)ccn1. The number of hydrogen-bond acceptors (Lipinski definition) is 5. The number of rotatable bonds is 5. The van der Waals surface area contributed by atoms with Gasteiger partial charge in [0.25, 0.3) is 5.91 Å². The van der Waals surface area contributed by atoms with E-state index in [9.17, 15) is 9.18 Å². The van der Waals surface area contributed by atoms with Gasteiger partial charge in [-0.15, -0.1) is 0 Å². The molecule has 1 saturated heterocycles. The highest BCUT2D eigenvalue weighted by Gasteiger charge is 2.19. The van der Waals surface area contributed by atoms with Gasteiger partial charge in [-0.1, -0.05) is 0 Å². The van der Waals surface area contributed by atoms with E-state index in [4.69, 9.17) is 0 Å². The molecule has 29 heavy (non-hydrogen) atoms. The molecule has 2 aromatic heterocycles. The minimum atomic E-state index is -0.223. The molecule has 0 spiro atoms. The third kappa shape index (κ3) is 4.68. The van der Waals surface area contributed by atoms with Gasteiger partial charge in [-0.25, -0.2) is 4.39 Å². The molecule has 0 saturated carbocycles. The normalized spacial score (nSPS) is 14.0. The van der Waals surface area contributed by atoms with Crippen LogP contribution in [0.5, 0.6) is 0 Å². The van der Waals surface area contributed by atoms with Gasteiger partial charge in [-0.2, -0.15) is 0 Å². The van der Waals surface area contributed by atoms with Crippen LogP contribution in [0.2, 0.25) is 0 Å². The van der Waals surface area contributed by atoms with Crippen molar-refractivity contribution >= 4 is 17.3 Å². The largest absolute Gasteiger partial charge is 0.368 e. The lowest BCUT2D eigenvalue weighted by Gasteiger charge is -2.37. The maximum Gasteiger partial charge on any atom is 0.270 e. The zero-order valence-electron chi connectivity index (χ0n) is 16.0. The van der Waals surface area contributed by atoms with E-state index < -0.39 is 0 Å². The average Bonchev–Trinajstić information content (AvgIpc) is 2.79. The molecule has 1 amide bonds. The number of anilines is 2. The first kappa shape index (κ1) is 18.9. The van der Waals surface area contributed by atoms with Gasteiger partial charge >= 0.3 is 0 Å². The van der Waals surface area contributed by atoms with Gasteiger partial charge in [0.2, 0.25) is 0 Å². The van der Waals surface area contributed by atoms with Crippen molar-refractivity contribution < 1.29 is 9.18 Å². The molecule has 4 rings (SSSR count). The summed E-state index contributed by atoms with van der Waals surface area (Å²) in [4.78, 5) is 25.1. The second kappa shape index (κ2) is 8.68. The zero-order valence-corrected chi connectivity index (χ0v) is 16.0. The first-order valence-corrected chi connectivity index (χ1v) is 9.58. The molecule has 0 bridgehead atoms. The molecular weight excluding hydrogens is 369 g/mol. The molecule has 148 valence electrons. The van der Waals surface area contributed by atoms with Crippen LogP contribution in [0.15, 0.2) is 67.1 Å². The molecule has 0 unspecified atom stereocenters. The molecule has 7 heteroatoms. The minimum absolute atomic E-state index is 0.200. The Kier molecular flexibility index (Phi) is 5.65. The Balaban J connectivity index is 1.36. The van der Waals surface area contributed by atoms with Crippen LogP contribution in [0.4, 0.5) is 15.8 Å². The van der Waals surface area contributed by atoms with E-state index in [0.717, 1.165) is 43.1 Å². The topological polar surface area (TPSA) is 61.4 Å². The van der Waals surface area contributed by atoms with Crippen molar-refractivity contribution in [2.45, 2.75) is 6.54 Å². The van der Waals surface area contributed by atoms with Crippen LogP contribution in [0.1, 0.15) is 16.1 Å². The summed E-state index contributed by atoms with van der Waals surface area (Å²) in [5, 5.41) is 2.89. The van der Waals surface area contributed by atoms with Gasteiger partial charge in [-0.05, 0) is 54.1 Å². The van der Waals surface area contributed by atoms with Gasteiger partial charge in [0.05, 0.1) is 0 Å². The summed E-state index contributed by atoms with van der Waals surface area (Å²) in [7, 11) is 0. The molecule has 1 N–H and O–H groups in total. The van der Waals surface area contributed by atoms with Crippen LogP contribution in [0.25, 0.3) is 0 Å². The number of nitrogens with one attached hydrogen (secondary N) is 1. The van der Waals surface area contributed by atoms with E-state index in [-0.39, 0.29) is 11.7 Å². The highest BCUT2D eigenvalue weighted by Crippen LogP contribution is 2.21. The van der Waals surface area contributed by atoms with Crippen molar-refractivity contribution in [1.29, 1.82) is 0 Å². The van der Waals surface area contributed by atoms with Crippen LogP contribution in [0.3, 0.4) is 0 Å². The number of halogens is 1. The molecule has 0 aliphatic carbocycles. The van der Waals surface area contributed by atoms with Crippen molar-refractivity contribution in [2.75, 3.05) is 36.0 Å². The summed E-state index contributed by atoms with van der Waals surface area (Å²) in [6.45, 7) is 3.73. The lowest BCUT2D eigenvalue weighted by atomic mass is 10.2. The Morgan fingerprint density at radius 3 is 2.24 bits per heavy atom. The molecule has 1 fully saturated rings. The second-order valence-electron chi connectivity index (χ2n) is 6.89. The number of pyridine rings is 2. The Morgan fingerprint density at radius 2 is 1.55 bits per heavy atom. The van der Waals surface area contributed by atoms with Crippen LogP contribution in [-0.2, 0) is 6.54 Å². The molecule has 6 nitrogen and oxygen atoms in total. The predicted octanol–water partition coefficient (Wildman–Crippen LogP) is 2.87. The Labute approximate surface area is 169 Å². The summed E-state index contributed by atoms with van der Waals surface area (Å²) >= 11 is 0. The molecule has 1 aliphatic heterocycles. The Hall–Kier alpha value is -3.48. The number of piperazine rings is 1. The monoisotopic (exact) mass is 391 g/mol. The van der Waals surface area contributed by atoms with Crippen molar-refractivity contribution in [3.63, 3.8) is 0 Å². The fourth-order valence-corrected chi connectivity index (χ4v) is 3.39. The van der Waals surface area contributed by atoms with E-state index in [1.807, 2.05) is 36.4 Å². The Bertz CT molecular complexity index is 956. The van der Waals surface area contributed by atoms with Crippen LogP contribution in [-0.4, -0.2) is 42.1 Å². The maximum atomic E-state index is 13.1. The first-order chi connectivity index (χ1) is 14.2. The van der Waals surface area contributed by atoms with E-state index >= 15 is 0 Å². The molecule has 3 heterocycles. The number of aromatic nitrogens is 2. The van der Waals surface area contributed by atoms with Crippen molar-refractivity contribution in [3.05, 3.63) is 84.2 Å². The van der Waals surface area contributed by atoms with Crippen LogP contribution in [0, 0.1) is 5.82 Å². The summed E-state index contributed by atoms with van der Waals surface area (Å²) in [6, 6.07) is 14.1. The molecule has 1 aliphatic rings. The van der Waals surface area contributed by atoms with Crippen LogP contribution >= 0.6 is 0 Å². The summed E-state index contributed by atoms with van der Waals surface area (Å²) in [5.41, 5.74) is 3.39. The van der Waals surface area contributed by atoms with Crippen molar-refractivity contribution in [2.24, 2.45) is 0 Å². The maximum absolute atomic E-state index is 13.1. The van der Waals surface area contributed by atoms with Crippen molar-refractivity contribution in [1.82, 2.24) is 15.3 Å².